The predicted octanol–water partition coefficient (Wildman–Crippen LogP) is 22.2. The number of hydrogen-bond acceptors (Lipinski definition) is 4. The van der Waals surface area contributed by atoms with Gasteiger partial charge >= 0.3 is 0 Å². The van der Waals surface area contributed by atoms with Gasteiger partial charge in [0.2, 0.25) is 0 Å². The fraction of sp³-hybridized carbons (Fsp3) is 0.143. The van der Waals surface area contributed by atoms with Gasteiger partial charge in [-0.1, -0.05) is 224 Å². The highest BCUT2D eigenvalue weighted by Gasteiger charge is 2.56. The molecule has 12 aromatic carbocycles. The van der Waals surface area contributed by atoms with Gasteiger partial charge in [0, 0.05) is 37.9 Å². The number of para-hydroxylation sites is 3. The van der Waals surface area contributed by atoms with Crippen molar-refractivity contribution in [1.82, 2.24) is 0 Å². The van der Waals surface area contributed by atoms with Crippen molar-refractivity contribution >= 4 is 67.8 Å². The van der Waals surface area contributed by atoms with Crippen LogP contribution in [0.15, 0.2) is 299 Å². The van der Waals surface area contributed by atoms with Crippen LogP contribution in [0.1, 0.15) is 88.6 Å². The molecule has 0 atom stereocenters. The summed E-state index contributed by atoms with van der Waals surface area (Å²) in [4.78, 5) is 7.80. The Morgan fingerprint density at radius 2 is 0.784 bits per heavy atom. The van der Waals surface area contributed by atoms with E-state index < -0.39 is 10.8 Å². The molecule has 4 fully saturated rings. The van der Waals surface area contributed by atoms with Crippen LogP contribution in [0.5, 0.6) is 0 Å². The van der Waals surface area contributed by atoms with E-state index in [9.17, 15) is 0 Å². The number of benzene rings is 12. The average Bonchev–Trinajstić information content (AvgIpc) is 1.41. The Morgan fingerprint density at radius 1 is 0.341 bits per heavy atom. The van der Waals surface area contributed by atoms with Gasteiger partial charge in [-0.25, -0.2) is 0 Å². The summed E-state index contributed by atoms with van der Waals surface area (Å²) in [5, 5.41) is 2.15. The quantitative estimate of drug-likeness (QED) is 0.143. The van der Waals surface area contributed by atoms with Crippen LogP contribution in [-0.4, -0.2) is 0 Å². The lowest BCUT2D eigenvalue weighted by molar-refractivity contribution is -0.00646. The Labute approximate surface area is 518 Å². The van der Waals surface area contributed by atoms with Crippen molar-refractivity contribution in [2.24, 2.45) is 17.8 Å². The first kappa shape index (κ1) is 50.5. The third kappa shape index (κ3) is 7.04. The molecule has 0 amide bonds. The summed E-state index contributed by atoms with van der Waals surface area (Å²) in [5.74, 6) is 2.26. The van der Waals surface area contributed by atoms with Crippen molar-refractivity contribution < 1.29 is 4.42 Å². The maximum atomic E-state index is 7.53. The molecule has 0 N–H and O–H groups in total. The molecule has 1 aromatic heterocycles. The molecule has 13 aromatic rings. The molecule has 6 aliphatic carbocycles. The van der Waals surface area contributed by atoms with Crippen molar-refractivity contribution in [2.45, 2.75) is 64.6 Å². The Balaban J connectivity index is 0.908. The van der Waals surface area contributed by atoms with Gasteiger partial charge in [0.15, 0.2) is 5.58 Å². The summed E-state index contributed by atoms with van der Waals surface area (Å²) in [6.07, 6.45) is 7.87. The maximum Gasteiger partial charge on any atom is 0.159 e. The minimum atomic E-state index is -0.573. The maximum absolute atomic E-state index is 7.53. The first-order valence-corrected chi connectivity index (χ1v) is 32.5. The highest BCUT2D eigenvalue weighted by atomic mass is 32.2. The smallest absolute Gasteiger partial charge is 0.159 e. The first-order valence-electron chi connectivity index (χ1n) is 31.7. The zero-order valence-corrected chi connectivity index (χ0v) is 49.6. The summed E-state index contributed by atoms with van der Waals surface area (Å²) in [6, 6.07) is 108. The highest BCUT2D eigenvalue weighted by Crippen LogP contribution is 2.68. The van der Waals surface area contributed by atoms with Gasteiger partial charge in [-0.2, -0.15) is 0 Å². The summed E-state index contributed by atoms with van der Waals surface area (Å²) >= 11 is 2.05. The Morgan fingerprint density at radius 3 is 1.36 bits per heavy atom. The van der Waals surface area contributed by atoms with Gasteiger partial charge < -0.3 is 14.2 Å². The molecule has 4 bridgehead atoms. The van der Waals surface area contributed by atoms with E-state index in [0.717, 1.165) is 73.8 Å². The fourth-order valence-electron chi connectivity index (χ4n) is 18.7. The summed E-state index contributed by atoms with van der Waals surface area (Å²) < 4.78 is 7.53. The molecule has 4 heteroatoms. The van der Waals surface area contributed by atoms with Gasteiger partial charge in [-0.3, -0.25) is 0 Å². The standard InChI is InChI=1S/C84H62N2OS/c1-4-22-57(23-5-1)83(68-33-14-10-28-63(68)64-29-11-15-34-69(64)83)58-42-44-61(45-43-58)86(76-39-20-32-67-79-75(38-21-40-77(79)87-80(67)76)85(59-24-6-2-7-25-59)60-26-8-3-9-27-60)62-49-73(82-51-54-46-55(52-82)48-56(47-54)53-82)81-74(50-62)84(72-37-18-19-41-78(72)88-81)70-35-16-12-30-65(70)66-31-13-17-36-71(66)84/h1-45,49-50,54-56H,46-48,51-53H2. The van der Waals surface area contributed by atoms with Gasteiger partial charge in [0.25, 0.3) is 0 Å². The minimum Gasteiger partial charge on any atom is -0.454 e. The third-order valence-electron chi connectivity index (χ3n) is 21.5. The van der Waals surface area contributed by atoms with Crippen LogP contribution in [0.2, 0.25) is 0 Å². The van der Waals surface area contributed by atoms with Crippen LogP contribution in [0.25, 0.3) is 44.2 Å². The second-order valence-corrected chi connectivity index (χ2v) is 27.1. The Bertz CT molecular complexity index is 4780. The minimum absolute atomic E-state index is 0.0480. The number of nitrogens with zero attached hydrogens (tertiary/aromatic N) is 2. The van der Waals surface area contributed by atoms with Crippen LogP contribution < -0.4 is 9.80 Å². The fourth-order valence-corrected chi connectivity index (χ4v) is 20.1. The molecule has 1 aliphatic heterocycles. The van der Waals surface area contributed by atoms with Crippen LogP contribution >= 0.6 is 11.8 Å². The lowest BCUT2D eigenvalue weighted by Crippen LogP contribution is -2.49. The van der Waals surface area contributed by atoms with Crippen LogP contribution in [0, 0.1) is 17.8 Å². The Hall–Kier alpha value is -9.61. The van der Waals surface area contributed by atoms with Crippen molar-refractivity contribution in [2.75, 3.05) is 9.80 Å². The molecule has 7 aliphatic rings. The van der Waals surface area contributed by atoms with E-state index in [2.05, 4.69) is 295 Å². The lowest BCUT2D eigenvalue weighted by Gasteiger charge is -2.58. The number of furan rings is 1. The monoisotopic (exact) mass is 1150 g/mol. The third-order valence-corrected chi connectivity index (χ3v) is 22.7. The van der Waals surface area contributed by atoms with Crippen LogP contribution in [0.3, 0.4) is 0 Å². The molecular weight excluding hydrogens is 1090 g/mol. The number of rotatable bonds is 9. The molecule has 420 valence electrons. The van der Waals surface area contributed by atoms with E-state index in [1.54, 1.807) is 5.56 Å². The lowest BCUT2D eigenvalue weighted by atomic mass is 9.47. The Kier molecular flexibility index (Phi) is 11.0. The van der Waals surface area contributed by atoms with Crippen LogP contribution in [-0.2, 0) is 16.2 Å². The molecule has 1 spiro atoms. The van der Waals surface area contributed by atoms with Gasteiger partial charge in [-0.15, -0.1) is 0 Å². The molecule has 4 saturated carbocycles. The van der Waals surface area contributed by atoms with E-state index in [4.69, 9.17) is 4.42 Å². The van der Waals surface area contributed by atoms with Crippen molar-refractivity contribution in [3.05, 3.63) is 335 Å². The van der Waals surface area contributed by atoms with Crippen molar-refractivity contribution in [3.63, 3.8) is 0 Å². The van der Waals surface area contributed by atoms with Crippen molar-refractivity contribution in [1.29, 1.82) is 0 Å². The first-order chi connectivity index (χ1) is 43.6. The predicted molar refractivity (Wildman–Crippen MR) is 362 cm³/mol. The topological polar surface area (TPSA) is 19.6 Å². The zero-order chi connectivity index (χ0) is 57.7. The van der Waals surface area contributed by atoms with Gasteiger partial charge in [0.05, 0.1) is 27.6 Å². The van der Waals surface area contributed by atoms with Gasteiger partial charge in [0.1, 0.15) is 5.58 Å². The normalized spacial score (nSPS) is 19.8. The van der Waals surface area contributed by atoms with E-state index >= 15 is 0 Å². The van der Waals surface area contributed by atoms with E-state index in [-0.39, 0.29) is 5.41 Å². The van der Waals surface area contributed by atoms with Gasteiger partial charge in [-0.05, 0) is 207 Å². The van der Waals surface area contributed by atoms with E-state index in [0.29, 0.717) is 0 Å². The zero-order valence-electron chi connectivity index (χ0n) is 48.8. The molecule has 0 saturated heterocycles. The molecule has 88 heavy (non-hydrogen) atoms. The van der Waals surface area contributed by atoms with Crippen LogP contribution in [0.4, 0.5) is 34.1 Å². The summed E-state index contributed by atoms with van der Waals surface area (Å²) in [6.45, 7) is 0. The molecule has 2 heterocycles. The van der Waals surface area contributed by atoms with E-state index in [1.807, 2.05) is 11.8 Å². The van der Waals surface area contributed by atoms with E-state index in [1.165, 1.54) is 115 Å². The number of fused-ring (bicyclic) bond motifs is 15. The SMILES string of the molecule is c1ccc(N(c2ccccc2)c2cccc3oc4c(N(c5ccc(C6(c7ccccc7)c7ccccc7-c7ccccc76)cc5)c5cc(C67CC8CC(CC(C8)C6)C7)c6c(c5)C5(c7ccccc7S6)c6ccccc6-c6ccccc65)cccc4c23)cc1. The molecule has 20 rings (SSSR count). The second-order valence-electron chi connectivity index (χ2n) is 26.0. The molecule has 0 unspecified atom stereocenters. The largest absolute Gasteiger partial charge is 0.454 e. The molecule has 3 nitrogen and oxygen atoms in total. The second kappa shape index (κ2) is 19.2. The molecular formula is C84H62N2OS. The molecule has 0 radical (unpaired) electrons. The van der Waals surface area contributed by atoms with Crippen molar-refractivity contribution in [3.8, 4) is 22.3 Å². The average molecular weight is 1150 g/mol. The summed E-state index contributed by atoms with van der Waals surface area (Å²) in [7, 11) is 0. The number of hydrogen-bond donors (Lipinski definition) is 0. The number of anilines is 6. The summed E-state index contributed by atoms with van der Waals surface area (Å²) in [5.41, 5.74) is 24.5. The highest BCUT2D eigenvalue weighted by molar-refractivity contribution is 7.99.